The molecular formula is C18H23ClIN7. The van der Waals surface area contributed by atoms with Crippen LogP contribution in [0.25, 0.3) is 10.9 Å². The van der Waals surface area contributed by atoms with Crippen molar-refractivity contribution in [2.75, 3.05) is 13.6 Å². The number of rotatable bonds is 4. The first-order valence-corrected chi connectivity index (χ1v) is 9.20. The van der Waals surface area contributed by atoms with Crippen molar-refractivity contribution in [2.24, 2.45) is 4.99 Å². The molecule has 1 aliphatic rings. The van der Waals surface area contributed by atoms with E-state index < -0.39 is 0 Å². The van der Waals surface area contributed by atoms with E-state index in [-0.39, 0.29) is 24.0 Å². The number of H-pyrrole nitrogens is 1. The molecule has 0 saturated carbocycles. The van der Waals surface area contributed by atoms with Gasteiger partial charge >= 0.3 is 0 Å². The Labute approximate surface area is 180 Å². The van der Waals surface area contributed by atoms with Gasteiger partial charge < -0.3 is 15.6 Å². The number of nitrogens with zero attached hydrogens (tertiary/aromatic N) is 4. The van der Waals surface area contributed by atoms with Crippen LogP contribution in [0.5, 0.6) is 0 Å². The highest BCUT2D eigenvalue weighted by molar-refractivity contribution is 14.0. The quantitative estimate of drug-likeness (QED) is 0.293. The summed E-state index contributed by atoms with van der Waals surface area (Å²) in [7, 11) is 1.80. The number of fused-ring (bicyclic) bond motifs is 2. The van der Waals surface area contributed by atoms with Crippen LogP contribution in [0, 0.1) is 0 Å². The fourth-order valence-electron chi connectivity index (χ4n) is 3.42. The Morgan fingerprint density at radius 1 is 1.44 bits per heavy atom. The van der Waals surface area contributed by atoms with Gasteiger partial charge in [-0.3, -0.25) is 4.99 Å². The van der Waals surface area contributed by atoms with Crippen molar-refractivity contribution >= 4 is 52.4 Å². The van der Waals surface area contributed by atoms with E-state index in [2.05, 4.69) is 30.7 Å². The minimum absolute atomic E-state index is 0. The third-order valence-electron chi connectivity index (χ3n) is 4.79. The summed E-state index contributed by atoms with van der Waals surface area (Å²) in [5.74, 6) is 1.88. The summed E-state index contributed by atoms with van der Waals surface area (Å²) >= 11 is 6.12. The number of hydrogen-bond donors (Lipinski definition) is 3. The first-order valence-electron chi connectivity index (χ1n) is 8.82. The third-order valence-corrected chi connectivity index (χ3v) is 5.02. The maximum Gasteiger partial charge on any atom is 0.191 e. The molecule has 7 nitrogen and oxygen atoms in total. The van der Waals surface area contributed by atoms with Crippen LogP contribution in [0.2, 0.25) is 5.02 Å². The summed E-state index contributed by atoms with van der Waals surface area (Å²) in [6.45, 7) is 1.61. The fraction of sp³-hybridized carbons (Fsp3) is 0.389. The van der Waals surface area contributed by atoms with E-state index in [4.69, 9.17) is 11.6 Å². The second-order valence-electron chi connectivity index (χ2n) is 6.49. The molecule has 0 amide bonds. The number of aromatic nitrogens is 4. The van der Waals surface area contributed by atoms with Gasteiger partial charge in [-0.2, -0.15) is 5.10 Å². The molecule has 0 radical (unpaired) electrons. The molecule has 3 aromatic rings. The van der Waals surface area contributed by atoms with Crippen molar-refractivity contribution in [3.63, 3.8) is 0 Å². The summed E-state index contributed by atoms with van der Waals surface area (Å²) in [5, 5.41) is 13.1. The molecule has 1 atom stereocenters. The van der Waals surface area contributed by atoms with E-state index in [0.717, 1.165) is 54.7 Å². The lowest BCUT2D eigenvalue weighted by atomic mass is 10.1. The van der Waals surface area contributed by atoms with Gasteiger partial charge in [0.05, 0.1) is 6.54 Å². The topological polar surface area (TPSA) is 82.9 Å². The Balaban J connectivity index is 0.00000210. The van der Waals surface area contributed by atoms with Gasteiger partial charge in [0, 0.05) is 48.2 Å². The molecule has 0 aliphatic carbocycles. The van der Waals surface area contributed by atoms with Crippen LogP contribution in [0.3, 0.4) is 0 Å². The predicted octanol–water partition coefficient (Wildman–Crippen LogP) is 2.75. The van der Waals surface area contributed by atoms with Gasteiger partial charge in [-0.15, -0.1) is 24.0 Å². The van der Waals surface area contributed by atoms with Gasteiger partial charge in [0.1, 0.15) is 12.2 Å². The van der Waals surface area contributed by atoms with E-state index >= 15 is 0 Å². The Kier molecular flexibility index (Phi) is 6.59. The SMILES string of the molecule is CN=C(NCCc1c[nH]c2ccc(Cl)cc12)NC1CCc2ncnn2C1.I. The van der Waals surface area contributed by atoms with Crippen molar-refractivity contribution in [3.05, 3.63) is 47.1 Å². The maximum atomic E-state index is 6.12. The van der Waals surface area contributed by atoms with E-state index in [1.165, 1.54) is 10.9 Å². The van der Waals surface area contributed by atoms with Crippen LogP contribution in [0.15, 0.2) is 35.7 Å². The highest BCUT2D eigenvalue weighted by atomic mass is 127. The van der Waals surface area contributed by atoms with E-state index in [1.54, 1.807) is 13.4 Å². The number of aryl methyl sites for hydroxylation is 1. The van der Waals surface area contributed by atoms with Gasteiger partial charge in [0.25, 0.3) is 0 Å². The fourth-order valence-corrected chi connectivity index (χ4v) is 3.59. The highest BCUT2D eigenvalue weighted by Gasteiger charge is 2.20. The van der Waals surface area contributed by atoms with Gasteiger partial charge in [0.2, 0.25) is 0 Å². The molecule has 2 aromatic heterocycles. The van der Waals surface area contributed by atoms with Gasteiger partial charge in [-0.25, -0.2) is 9.67 Å². The molecule has 9 heteroatoms. The van der Waals surface area contributed by atoms with Crippen molar-refractivity contribution in [1.82, 2.24) is 30.4 Å². The minimum Gasteiger partial charge on any atom is -0.361 e. The number of benzene rings is 1. The summed E-state index contributed by atoms with van der Waals surface area (Å²) in [6, 6.07) is 6.23. The van der Waals surface area contributed by atoms with Crippen LogP contribution in [0.4, 0.5) is 0 Å². The number of aromatic amines is 1. The lowest BCUT2D eigenvalue weighted by Gasteiger charge is -2.25. The zero-order valence-corrected chi connectivity index (χ0v) is 18.2. The van der Waals surface area contributed by atoms with E-state index in [0.29, 0.717) is 6.04 Å². The molecule has 1 aromatic carbocycles. The predicted molar refractivity (Wildman–Crippen MR) is 119 cm³/mol. The van der Waals surface area contributed by atoms with Crippen molar-refractivity contribution in [1.29, 1.82) is 0 Å². The molecule has 0 fully saturated rings. The molecule has 27 heavy (non-hydrogen) atoms. The van der Waals surface area contributed by atoms with Crippen molar-refractivity contribution in [2.45, 2.75) is 31.8 Å². The molecule has 0 bridgehead atoms. The second-order valence-corrected chi connectivity index (χ2v) is 6.93. The number of hydrogen-bond acceptors (Lipinski definition) is 3. The molecule has 144 valence electrons. The number of guanidine groups is 1. The zero-order valence-electron chi connectivity index (χ0n) is 15.1. The summed E-state index contributed by atoms with van der Waals surface area (Å²) in [4.78, 5) is 11.9. The smallest absolute Gasteiger partial charge is 0.191 e. The van der Waals surface area contributed by atoms with Crippen molar-refractivity contribution < 1.29 is 0 Å². The molecule has 4 rings (SSSR count). The number of halogens is 2. The Morgan fingerprint density at radius 3 is 3.19 bits per heavy atom. The molecule has 3 N–H and O–H groups in total. The third kappa shape index (κ3) is 4.55. The normalized spacial score (nSPS) is 16.7. The Morgan fingerprint density at radius 2 is 2.33 bits per heavy atom. The highest BCUT2D eigenvalue weighted by Crippen LogP contribution is 2.22. The summed E-state index contributed by atoms with van der Waals surface area (Å²) in [6.07, 6.45) is 6.52. The average molecular weight is 500 g/mol. The van der Waals surface area contributed by atoms with Crippen LogP contribution in [0.1, 0.15) is 17.8 Å². The minimum atomic E-state index is 0. The van der Waals surface area contributed by atoms with Gasteiger partial charge in [0.15, 0.2) is 5.96 Å². The van der Waals surface area contributed by atoms with E-state index in [1.807, 2.05) is 29.1 Å². The monoisotopic (exact) mass is 499 g/mol. The standard InChI is InChI=1S/C18H22ClN7.HI/c1-20-18(25-14-3-5-17-23-11-24-26(17)10-14)21-7-6-12-9-22-16-4-2-13(19)8-15(12)16;/h2,4,8-9,11,14,22H,3,5-7,10H2,1H3,(H2,20,21,25);1H. The maximum absolute atomic E-state index is 6.12. The summed E-state index contributed by atoms with van der Waals surface area (Å²) < 4.78 is 1.96. The molecular weight excluding hydrogens is 477 g/mol. The van der Waals surface area contributed by atoms with Crippen LogP contribution in [-0.4, -0.2) is 45.3 Å². The number of nitrogens with one attached hydrogen (secondary N) is 3. The lowest BCUT2D eigenvalue weighted by molar-refractivity contribution is 0.393. The lowest BCUT2D eigenvalue weighted by Crippen LogP contribution is -2.47. The van der Waals surface area contributed by atoms with Gasteiger partial charge in [-0.1, -0.05) is 11.6 Å². The van der Waals surface area contributed by atoms with Crippen molar-refractivity contribution in [3.8, 4) is 0 Å². The molecule has 0 spiro atoms. The largest absolute Gasteiger partial charge is 0.361 e. The molecule has 1 aliphatic heterocycles. The average Bonchev–Trinajstić information content (AvgIpc) is 3.27. The Hall–Kier alpha value is -1.81. The summed E-state index contributed by atoms with van der Waals surface area (Å²) in [5.41, 5.74) is 2.35. The van der Waals surface area contributed by atoms with Crippen LogP contribution < -0.4 is 10.6 Å². The first kappa shape index (κ1) is 19.9. The van der Waals surface area contributed by atoms with Gasteiger partial charge in [-0.05, 0) is 36.6 Å². The van der Waals surface area contributed by atoms with E-state index in [9.17, 15) is 0 Å². The second kappa shape index (κ2) is 8.92. The zero-order chi connectivity index (χ0) is 17.9. The Bertz CT molecular complexity index is 933. The number of aliphatic imine (C=N–C) groups is 1. The first-order chi connectivity index (χ1) is 12.7. The molecule has 3 heterocycles. The van der Waals surface area contributed by atoms with Crippen LogP contribution in [-0.2, 0) is 19.4 Å². The molecule has 1 unspecified atom stereocenters. The van der Waals surface area contributed by atoms with Crippen LogP contribution >= 0.6 is 35.6 Å². The molecule has 0 saturated heterocycles.